The summed E-state index contributed by atoms with van der Waals surface area (Å²) in [5.41, 5.74) is 0.155. The van der Waals surface area contributed by atoms with Gasteiger partial charge in [-0.05, 0) is 25.2 Å². The van der Waals surface area contributed by atoms with E-state index < -0.39 is 26.7 Å². The van der Waals surface area contributed by atoms with Crippen LogP contribution in [-0.2, 0) is 10.0 Å². The van der Waals surface area contributed by atoms with Gasteiger partial charge >= 0.3 is 0 Å². The number of nitro groups is 1. The van der Waals surface area contributed by atoms with Crippen LogP contribution in [0, 0.1) is 10.1 Å². The predicted octanol–water partition coefficient (Wildman–Crippen LogP) is 2.30. The van der Waals surface area contributed by atoms with E-state index in [1.807, 2.05) is 0 Å². The fourth-order valence-electron chi connectivity index (χ4n) is 2.16. The Balaban J connectivity index is 2.25. The summed E-state index contributed by atoms with van der Waals surface area (Å²) < 4.78 is 25.6. The third-order valence-corrected chi connectivity index (χ3v) is 5.25. The summed E-state index contributed by atoms with van der Waals surface area (Å²) >= 11 is 6.00. The second-order valence-corrected chi connectivity index (χ2v) is 7.36. The highest BCUT2D eigenvalue weighted by atomic mass is 35.5. The topological polar surface area (TPSA) is 122 Å². The average molecular weight is 386 g/mol. The number of halogens is 1. The van der Waals surface area contributed by atoms with Crippen LogP contribution < -0.4 is 10.0 Å². The van der Waals surface area contributed by atoms with Crippen molar-refractivity contribution in [3.8, 4) is 0 Å². The second kappa shape index (κ2) is 7.79. The van der Waals surface area contributed by atoms with Gasteiger partial charge in [-0.2, -0.15) is 0 Å². The molecular weight excluding hydrogens is 370 g/mol. The third kappa shape index (κ3) is 4.45. The van der Waals surface area contributed by atoms with E-state index in [1.54, 1.807) is 24.3 Å². The number of sulfonamides is 1. The smallest absolute Gasteiger partial charge is 0.293 e. The van der Waals surface area contributed by atoms with Gasteiger partial charge in [-0.15, -0.1) is 0 Å². The molecule has 0 aromatic heterocycles. The van der Waals surface area contributed by atoms with Crippen LogP contribution in [0.15, 0.2) is 47.4 Å². The van der Waals surface area contributed by atoms with Gasteiger partial charge < -0.3 is 10.4 Å². The van der Waals surface area contributed by atoms with Gasteiger partial charge in [0.2, 0.25) is 10.0 Å². The Morgan fingerprint density at radius 1 is 1.28 bits per heavy atom. The van der Waals surface area contributed by atoms with Gasteiger partial charge in [-0.1, -0.05) is 29.8 Å². The van der Waals surface area contributed by atoms with Crippen molar-refractivity contribution < 1.29 is 18.4 Å². The van der Waals surface area contributed by atoms with Gasteiger partial charge in [-0.25, -0.2) is 13.1 Å². The predicted molar refractivity (Wildman–Crippen MR) is 94.2 cm³/mol. The first-order valence-corrected chi connectivity index (χ1v) is 9.00. The quantitative estimate of drug-likeness (QED) is 0.496. The van der Waals surface area contributed by atoms with E-state index in [1.165, 1.54) is 19.2 Å². The number of hydrogen-bond acceptors (Lipinski definition) is 6. The monoisotopic (exact) mass is 385 g/mol. The molecule has 0 bridgehead atoms. The highest BCUT2D eigenvalue weighted by Gasteiger charge is 2.21. The van der Waals surface area contributed by atoms with E-state index in [0.29, 0.717) is 10.6 Å². The number of nitrogens with one attached hydrogen (secondary N) is 2. The number of aliphatic hydroxyl groups excluding tert-OH is 1. The van der Waals surface area contributed by atoms with Gasteiger partial charge in [0.1, 0.15) is 5.69 Å². The summed E-state index contributed by atoms with van der Waals surface area (Å²) in [6.45, 7) is -0.0390. The number of nitrogens with zero attached hydrogens (tertiary/aromatic N) is 1. The molecular formula is C15H16ClN3O5S. The normalized spacial score (nSPS) is 12.6. The van der Waals surface area contributed by atoms with Crippen LogP contribution in [0.4, 0.5) is 11.4 Å². The van der Waals surface area contributed by atoms with E-state index in [2.05, 4.69) is 10.0 Å². The molecule has 0 spiro atoms. The number of benzene rings is 2. The molecule has 0 amide bonds. The van der Waals surface area contributed by atoms with Crippen LogP contribution in [0.1, 0.15) is 11.7 Å². The minimum absolute atomic E-state index is 0.0390. The first-order valence-electron chi connectivity index (χ1n) is 7.14. The Hall–Kier alpha value is -2.20. The lowest BCUT2D eigenvalue weighted by Gasteiger charge is -2.15. The van der Waals surface area contributed by atoms with E-state index in [0.717, 1.165) is 6.07 Å². The molecule has 0 saturated heterocycles. The molecule has 1 atom stereocenters. The van der Waals surface area contributed by atoms with Crippen molar-refractivity contribution in [2.75, 3.05) is 18.9 Å². The number of anilines is 1. The SMILES string of the molecule is CNS(=O)(=O)c1ccc(NCC(O)c2ccccc2Cl)c([N+](=O)[O-])c1. The van der Waals surface area contributed by atoms with Crippen LogP contribution in [0.2, 0.25) is 5.02 Å². The van der Waals surface area contributed by atoms with E-state index in [9.17, 15) is 23.6 Å². The standard InChI is InChI=1S/C15H16ClN3O5S/c1-17-25(23,24)10-6-7-13(14(8-10)19(21)22)18-9-15(20)11-4-2-3-5-12(11)16/h2-8,15,17-18,20H,9H2,1H3. The lowest BCUT2D eigenvalue weighted by molar-refractivity contribution is -0.384. The van der Waals surface area contributed by atoms with Gasteiger partial charge in [-0.3, -0.25) is 10.1 Å². The van der Waals surface area contributed by atoms with Crippen molar-refractivity contribution in [3.63, 3.8) is 0 Å². The molecule has 10 heteroatoms. The first kappa shape index (κ1) is 19.1. The lowest BCUT2D eigenvalue weighted by atomic mass is 10.1. The van der Waals surface area contributed by atoms with Crippen molar-refractivity contribution in [2.45, 2.75) is 11.0 Å². The molecule has 0 aliphatic rings. The Kier molecular flexibility index (Phi) is 5.96. The molecule has 134 valence electrons. The Morgan fingerprint density at radius 2 is 1.96 bits per heavy atom. The van der Waals surface area contributed by atoms with E-state index in [-0.39, 0.29) is 17.1 Å². The minimum atomic E-state index is -3.80. The van der Waals surface area contributed by atoms with Crippen molar-refractivity contribution >= 4 is 33.0 Å². The second-order valence-electron chi connectivity index (χ2n) is 5.06. The summed E-state index contributed by atoms with van der Waals surface area (Å²) in [4.78, 5) is 10.3. The van der Waals surface area contributed by atoms with Crippen molar-refractivity contribution in [3.05, 3.63) is 63.2 Å². The summed E-state index contributed by atoms with van der Waals surface area (Å²) in [5, 5.41) is 24.5. The largest absolute Gasteiger partial charge is 0.387 e. The molecule has 3 N–H and O–H groups in total. The number of rotatable bonds is 7. The van der Waals surface area contributed by atoms with Gasteiger partial charge in [0.15, 0.2) is 0 Å². The molecule has 1 unspecified atom stereocenters. The van der Waals surface area contributed by atoms with Gasteiger partial charge in [0.05, 0.1) is 15.9 Å². The number of aliphatic hydroxyl groups is 1. The molecule has 0 saturated carbocycles. The summed E-state index contributed by atoms with van der Waals surface area (Å²) in [5.74, 6) is 0. The zero-order chi connectivity index (χ0) is 18.6. The Bertz CT molecular complexity index is 888. The van der Waals surface area contributed by atoms with Crippen molar-refractivity contribution in [1.82, 2.24) is 4.72 Å². The maximum absolute atomic E-state index is 11.8. The maximum Gasteiger partial charge on any atom is 0.293 e. The first-order chi connectivity index (χ1) is 11.8. The molecule has 8 nitrogen and oxygen atoms in total. The third-order valence-electron chi connectivity index (χ3n) is 3.50. The zero-order valence-electron chi connectivity index (χ0n) is 13.1. The molecule has 0 aliphatic heterocycles. The molecule has 2 aromatic carbocycles. The highest BCUT2D eigenvalue weighted by Crippen LogP contribution is 2.29. The van der Waals surface area contributed by atoms with Crippen LogP contribution in [0.5, 0.6) is 0 Å². The number of hydrogen-bond donors (Lipinski definition) is 3. The Morgan fingerprint density at radius 3 is 2.56 bits per heavy atom. The number of nitro benzene ring substituents is 1. The van der Waals surface area contributed by atoms with Crippen molar-refractivity contribution in [2.24, 2.45) is 0 Å². The van der Waals surface area contributed by atoms with Crippen LogP contribution in [0.3, 0.4) is 0 Å². The van der Waals surface area contributed by atoms with E-state index >= 15 is 0 Å². The minimum Gasteiger partial charge on any atom is -0.387 e. The maximum atomic E-state index is 11.8. The Labute approximate surface area is 149 Å². The summed E-state index contributed by atoms with van der Waals surface area (Å²) in [6, 6.07) is 10.2. The molecule has 2 aromatic rings. The molecule has 0 fully saturated rings. The fourth-order valence-corrected chi connectivity index (χ4v) is 3.17. The van der Waals surface area contributed by atoms with E-state index in [4.69, 9.17) is 11.6 Å². The van der Waals surface area contributed by atoms with Crippen molar-refractivity contribution in [1.29, 1.82) is 0 Å². The van der Waals surface area contributed by atoms with Crippen LogP contribution in [-0.4, -0.2) is 32.0 Å². The highest BCUT2D eigenvalue weighted by molar-refractivity contribution is 7.89. The lowest BCUT2D eigenvalue weighted by Crippen LogP contribution is -2.19. The molecule has 0 radical (unpaired) electrons. The fraction of sp³-hybridized carbons (Fsp3) is 0.200. The molecule has 0 aliphatic carbocycles. The zero-order valence-corrected chi connectivity index (χ0v) is 14.7. The van der Waals surface area contributed by atoms with Gasteiger partial charge in [0, 0.05) is 23.2 Å². The van der Waals surface area contributed by atoms with Gasteiger partial charge in [0.25, 0.3) is 5.69 Å². The summed E-state index contributed by atoms with van der Waals surface area (Å²) in [7, 11) is -2.58. The summed E-state index contributed by atoms with van der Waals surface area (Å²) in [6.07, 6.45) is -0.992. The molecule has 2 rings (SSSR count). The molecule has 0 heterocycles. The average Bonchev–Trinajstić information content (AvgIpc) is 2.59. The van der Waals surface area contributed by atoms with Crippen LogP contribution >= 0.6 is 11.6 Å². The van der Waals surface area contributed by atoms with Crippen LogP contribution in [0.25, 0.3) is 0 Å². The molecule has 25 heavy (non-hydrogen) atoms.